The third-order valence-electron chi connectivity index (χ3n) is 6.72. The maximum Gasteiger partial charge on any atom is 0.407 e. The third kappa shape index (κ3) is 4.05. The number of carbonyl (C=O) groups is 4. The molecule has 10 nitrogen and oxygen atoms in total. The van der Waals surface area contributed by atoms with Gasteiger partial charge in [-0.2, -0.15) is 0 Å². The molecule has 1 aliphatic carbocycles. The molecule has 3 aromatic rings. The molecule has 0 aromatic heterocycles. The lowest BCUT2D eigenvalue weighted by Gasteiger charge is -2.15. The van der Waals surface area contributed by atoms with Crippen LogP contribution >= 0.6 is 0 Å². The summed E-state index contributed by atoms with van der Waals surface area (Å²) in [6.45, 7) is 0.198. The number of alkyl carbamates (subject to hydrolysis) is 1. The van der Waals surface area contributed by atoms with Crippen LogP contribution < -0.4 is 5.32 Å². The van der Waals surface area contributed by atoms with Gasteiger partial charge in [0.25, 0.3) is 11.8 Å². The smallest absolute Gasteiger partial charge is 0.407 e. The number of benzene rings is 3. The van der Waals surface area contributed by atoms with Crippen LogP contribution in [0.25, 0.3) is 11.1 Å². The highest BCUT2D eigenvalue weighted by molar-refractivity contribution is 6.37. The second kappa shape index (κ2) is 9.47. The highest BCUT2D eigenvalue weighted by atomic mass is 16.7. The van der Waals surface area contributed by atoms with Crippen molar-refractivity contribution in [2.24, 2.45) is 5.16 Å². The number of nitrogens with one attached hydrogen (secondary N) is 1. The highest BCUT2D eigenvalue weighted by Crippen LogP contribution is 2.44. The van der Waals surface area contributed by atoms with Gasteiger partial charge in [0.2, 0.25) is 0 Å². The molecule has 0 bridgehead atoms. The van der Waals surface area contributed by atoms with E-state index in [4.69, 9.17) is 14.4 Å². The summed E-state index contributed by atoms with van der Waals surface area (Å²) in [7, 11) is 0. The van der Waals surface area contributed by atoms with Crippen molar-refractivity contribution in [2.45, 2.75) is 18.4 Å². The van der Waals surface area contributed by atoms with Gasteiger partial charge in [-0.25, -0.2) is 9.59 Å². The van der Waals surface area contributed by atoms with Crippen LogP contribution in [0.2, 0.25) is 0 Å². The van der Waals surface area contributed by atoms with Crippen LogP contribution in [0.1, 0.15) is 44.2 Å². The van der Waals surface area contributed by atoms with E-state index in [0.29, 0.717) is 5.06 Å². The molecule has 38 heavy (non-hydrogen) atoms. The van der Waals surface area contributed by atoms with Gasteiger partial charge in [0.1, 0.15) is 6.61 Å². The van der Waals surface area contributed by atoms with Crippen molar-refractivity contribution in [2.75, 3.05) is 13.2 Å². The van der Waals surface area contributed by atoms with Crippen molar-refractivity contribution in [1.82, 2.24) is 10.4 Å². The Morgan fingerprint density at radius 3 is 2.03 bits per heavy atom. The van der Waals surface area contributed by atoms with E-state index in [1.807, 2.05) is 36.4 Å². The predicted molar refractivity (Wildman–Crippen MR) is 133 cm³/mol. The molecule has 10 heteroatoms. The first-order chi connectivity index (χ1) is 18.5. The lowest BCUT2D eigenvalue weighted by molar-refractivity contribution is -0.159. The first-order valence-corrected chi connectivity index (χ1v) is 12.0. The van der Waals surface area contributed by atoms with E-state index in [1.54, 1.807) is 12.1 Å². The van der Waals surface area contributed by atoms with Crippen LogP contribution in [0.3, 0.4) is 0 Å². The number of hydrogen-bond donors (Lipinski definition) is 1. The number of ether oxygens (including phenoxy) is 1. The van der Waals surface area contributed by atoms with Gasteiger partial charge in [-0.15, -0.1) is 0 Å². The summed E-state index contributed by atoms with van der Waals surface area (Å²) in [5.74, 6) is -2.51. The average molecular weight is 511 g/mol. The molecule has 0 saturated carbocycles. The van der Waals surface area contributed by atoms with Gasteiger partial charge >= 0.3 is 12.1 Å². The van der Waals surface area contributed by atoms with Crippen LogP contribution in [0.4, 0.5) is 4.79 Å². The molecule has 1 N–H and O–H groups in total. The Morgan fingerprint density at radius 2 is 1.42 bits per heavy atom. The Labute approximate surface area is 216 Å². The van der Waals surface area contributed by atoms with Gasteiger partial charge in [0, 0.05) is 12.3 Å². The Balaban J connectivity index is 0.988. The summed E-state index contributed by atoms with van der Waals surface area (Å²) >= 11 is 0. The molecular weight excluding hydrogens is 490 g/mol. The maximum atomic E-state index is 12.5. The van der Waals surface area contributed by atoms with E-state index in [0.717, 1.165) is 22.3 Å². The first kappa shape index (κ1) is 23.4. The van der Waals surface area contributed by atoms with E-state index < -0.39 is 30.0 Å². The quantitative estimate of drug-likeness (QED) is 0.503. The molecular formula is C28H21N3O7. The van der Waals surface area contributed by atoms with Crippen LogP contribution in [-0.4, -0.2) is 53.9 Å². The van der Waals surface area contributed by atoms with Crippen molar-refractivity contribution in [3.05, 3.63) is 95.1 Å². The van der Waals surface area contributed by atoms with Gasteiger partial charge in [0.05, 0.1) is 17.7 Å². The molecule has 6 rings (SSSR count). The van der Waals surface area contributed by atoms with Crippen LogP contribution in [0.15, 0.2) is 78.0 Å². The fourth-order valence-corrected chi connectivity index (χ4v) is 4.89. The van der Waals surface area contributed by atoms with Crippen LogP contribution in [0, 0.1) is 0 Å². The Morgan fingerprint density at radius 1 is 0.868 bits per heavy atom. The number of hydroxylamine groups is 2. The van der Waals surface area contributed by atoms with Crippen molar-refractivity contribution in [3.8, 4) is 11.1 Å². The fraction of sp³-hybridized carbons (Fsp3) is 0.179. The maximum absolute atomic E-state index is 12.5. The van der Waals surface area contributed by atoms with Gasteiger partial charge in [-0.3, -0.25) is 9.59 Å². The van der Waals surface area contributed by atoms with E-state index >= 15 is 0 Å². The molecule has 2 aliphatic heterocycles. The molecule has 0 saturated heterocycles. The van der Waals surface area contributed by atoms with E-state index in [2.05, 4.69) is 22.6 Å². The van der Waals surface area contributed by atoms with Gasteiger partial charge in [0.15, 0.2) is 11.8 Å². The number of rotatable bonds is 6. The molecule has 1 atom stereocenters. The second-order valence-corrected chi connectivity index (χ2v) is 9.00. The van der Waals surface area contributed by atoms with Crippen LogP contribution in [0.5, 0.6) is 0 Å². The topological polar surface area (TPSA) is 124 Å². The summed E-state index contributed by atoms with van der Waals surface area (Å²) < 4.78 is 5.50. The number of carbonyl (C=O) groups excluding carboxylic acids is 4. The molecule has 3 aliphatic rings. The zero-order chi connectivity index (χ0) is 26.2. The zero-order valence-corrected chi connectivity index (χ0v) is 20.0. The minimum absolute atomic E-state index is 0.0195. The summed E-state index contributed by atoms with van der Waals surface area (Å²) in [6, 6.07) is 22.3. The number of oxime groups is 1. The second-order valence-electron chi connectivity index (χ2n) is 9.00. The fourth-order valence-electron chi connectivity index (χ4n) is 4.89. The summed E-state index contributed by atoms with van der Waals surface area (Å²) in [5, 5.41) is 6.74. The van der Waals surface area contributed by atoms with Crippen molar-refractivity contribution < 1.29 is 33.6 Å². The lowest BCUT2D eigenvalue weighted by atomic mass is 9.98. The monoisotopic (exact) mass is 511 g/mol. The normalized spacial score (nSPS) is 17.3. The third-order valence-corrected chi connectivity index (χ3v) is 6.72. The molecule has 0 spiro atoms. The Kier molecular flexibility index (Phi) is 5.83. The number of hydrogen-bond acceptors (Lipinski definition) is 8. The Bertz CT molecular complexity index is 1440. The summed E-state index contributed by atoms with van der Waals surface area (Å²) in [6.07, 6.45) is -1.25. The highest BCUT2D eigenvalue weighted by Gasteiger charge is 2.40. The Hall–Kier alpha value is -4.99. The van der Waals surface area contributed by atoms with E-state index in [1.165, 1.54) is 12.1 Å². The van der Waals surface area contributed by atoms with Crippen molar-refractivity contribution in [3.63, 3.8) is 0 Å². The zero-order valence-electron chi connectivity index (χ0n) is 20.0. The van der Waals surface area contributed by atoms with Gasteiger partial charge in [-0.05, 0) is 34.4 Å². The molecule has 3 amide bonds. The largest absolute Gasteiger partial charge is 0.449 e. The molecule has 3 aromatic carbocycles. The van der Waals surface area contributed by atoms with Crippen LogP contribution in [-0.2, 0) is 19.2 Å². The molecule has 0 radical (unpaired) electrons. The van der Waals surface area contributed by atoms with E-state index in [-0.39, 0.29) is 42.3 Å². The SMILES string of the molecule is O=C(NCC1CC(C(=O)ON2C(=O)c3ccccc3C2=O)=NO1)OCC1c2ccccc2-c2ccccc21. The molecule has 0 fully saturated rings. The standard InChI is InChI=1S/C28H21N3O7/c32-25-21-11-5-6-12-22(21)26(33)31(25)38-27(34)24-13-16(37-30-24)14-29-28(35)36-15-23-19-9-3-1-7-17(19)18-8-2-4-10-20(18)23/h1-12,16,23H,13-15H2,(H,29,35). The van der Waals surface area contributed by atoms with Gasteiger partial charge < -0.3 is 19.7 Å². The molecule has 190 valence electrons. The summed E-state index contributed by atoms with van der Waals surface area (Å²) in [4.78, 5) is 59.9. The van der Waals surface area contributed by atoms with Crippen molar-refractivity contribution >= 4 is 29.6 Å². The average Bonchev–Trinajstić information content (AvgIpc) is 3.62. The van der Waals surface area contributed by atoms with Crippen molar-refractivity contribution in [1.29, 1.82) is 0 Å². The predicted octanol–water partition coefficient (Wildman–Crippen LogP) is 3.42. The minimum atomic E-state index is -0.983. The molecule has 2 heterocycles. The number of fused-ring (bicyclic) bond motifs is 4. The van der Waals surface area contributed by atoms with E-state index in [9.17, 15) is 19.2 Å². The number of amides is 3. The number of nitrogens with zero attached hydrogens (tertiary/aromatic N) is 2. The minimum Gasteiger partial charge on any atom is -0.449 e. The summed E-state index contributed by atoms with van der Waals surface area (Å²) in [5.41, 5.74) is 4.68. The molecule has 1 unspecified atom stereocenters. The lowest BCUT2D eigenvalue weighted by Crippen LogP contribution is -2.36. The number of imide groups is 1. The first-order valence-electron chi connectivity index (χ1n) is 12.0. The van der Waals surface area contributed by atoms with Gasteiger partial charge in [-0.1, -0.05) is 70.9 Å².